The number of nitrogens with zero attached hydrogens (tertiary/aromatic N) is 2. The third kappa shape index (κ3) is 1.44. The molecule has 1 aromatic carbocycles. The van der Waals surface area contributed by atoms with Crippen molar-refractivity contribution in [3.05, 3.63) is 32.3 Å². The van der Waals surface area contributed by atoms with Crippen LogP contribution in [0.3, 0.4) is 0 Å². The van der Waals surface area contributed by atoms with Crippen molar-refractivity contribution in [2.75, 3.05) is 0 Å². The van der Waals surface area contributed by atoms with E-state index >= 15 is 0 Å². The fourth-order valence-electron chi connectivity index (χ4n) is 1.19. The molecule has 0 N–H and O–H groups in total. The summed E-state index contributed by atoms with van der Waals surface area (Å²) >= 11 is 11.7. The van der Waals surface area contributed by atoms with Crippen molar-refractivity contribution in [3.63, 3.8) is 0 Å². The van der Waals surface area contributed by atoms with Gasteiger partial charge >= 0.3 is 0 Å². The van der Waals surface area contributed by atoms with Gasteiger partial charge in [0.15, 0.2) is 0 Å². The first kappa shape index (κ1) is 10.9. The summed E-state index contributed by atoms with van der Waals surface area (Å²) in [5.41, 5.74) is 2.10. The predicted octanol–water partition coefficient (Wildman–Crippen LogP) is 3.35. The average Bonchev–Trinajstić information content (AvgIpc) is 2.17. The molecule has 0 aliphatic carbocycles. The molecule has 14 heavy (non-hydrogen) atoms. The number of nitriles is 2. The SMILES string of the molecule is Cc1c(C)c(C#N)c(Cl)c(Cl)c1C#N. The van der Waals surface area contributed by atoms with Gasteiger partial charge in [0.05, 0.1) is 21.2 Å². The zero-order valence-electron chi connectivity index (χ0n) is 7.65. The summed E-state index contributed by atoms with van der Waals surface area (Å²) in [7, 11) is 0. The molecular formula is C10H6Cl2N2. The fraction of sp³-hybridized carbons (Fsp3) is 0.200. The van der Waals surface area contributed by atoms with Gasteiger partial charge in [-0.15, -0.1) is 0 Å². The first-order chi connectivity index (χ1) is 6.54. The monoisotopic (exact) mass is 224 g/mol. The molecule has 2 nitrogen and oxygen atoms in total. The maximum Gasteiger partial charge on any atom is 0.101 e. The summed E-state index contributed by atoms with van der Waals surface area (Å²) in [6, 6.07) is 3.94. The molecule has 0 aromatic heterocycles. The van der Waals surface area contributed by atoms with E-state index in [1.807, 2.05) is 12.1 Å². The summed E-state index contributed by atoms with van der Waals surface area (Å²) in [5.74, 6) is 0. The van der Waals surface area contributed by atoms with Gasteiger partial charge < -0.3 is 0 Å². The number of halogens is 2. The summed E-state index contributed by atoms with van der Waals surface area (Å²) in [6.07, 6.45) is 0. The lowest BCUT2D eigenvalue weighted by molar-refractivity contribution is 1.28. The van der Waals surface area contributed by atoms with Crippen LogP contribution in [-0.4, -0.2) is 0 Å². The molecule has 0 aliphatic rings. The molecule has 1 aromatic rings. The van der Waals surface area contributed by atoms with Crippen molar-refractivity contribution in [3.8, 4) is 12.1 Å². The van der Waals surface area contributed by atoms with E-state index in [1.165, 1.54) is 0 Å². The number of hydrogen-bond acceptors (Lipinski definition) is 2. The molecule has 4 heteroatoms. The second-order valence-electron chi connectivity index (χ2n) is 2.85. The van der Waals surface area contributed by atoms with Gasteiger partial charge in [0.25, 0.3) is 0 Å². The molecular weight excluding hydrogens is 219 g/mol. The van der Waals surface area contributed by atoms with Crippen LogP contribution in [0.4, 0.5) is 0 Å². The highest BCUT2D eigenvalue weighted by atomic mass is 35.5. The van der Waals surface area contributed by atoms with Crippen molar-refractivity contribution >= 4 is 23.2 Å². The van der Waals surface area contributed by atoms with Crippen molar-refractivity contribution in [1.82, 2.24) is 0 Å². The Bertz CT molecular complexity index is 404. The van der Waals surface area contributed by atoms with E-state index in [0.29, 0.717) is 22.3 Å². The summed E-state index contributed by atoms with van der Waals surface area (Å²) in [4.78, 5) is 0. The number of benzene rings is 1. The lowest BCUT2D eigenvalue weighted by Crippen LogP contribution is -1.95. The van der Waals surface area contributed by atoms with Crippen LogP contribution in [0.2, 0.25) is 10.0 Å². The van der Waals surface area contributed by atoms with Crippen molar-refractivity contribution in [2.24, 2.45) is 0 Å². The minimum Gasteiger partial charge on any atom is -0.192 e. The molecule has 0 bridgehead atoms. The maximum atomic E-state index is 8.84. The predicted molar refractivity (Wildman–Crippen MR) is 55.4 cm³/mol. The topological polar surface area (TPSA) is 47.6 Å². The van der Waals surface area contributed by atoms with Crippen LogP contribution in [0.25, 0.3) is 0 Å². The Kier molecular flexibility index (Phi) is 3.01. The highest BCUT2D eigenvalue weighted by Crippen LogP contribution is 2.34. The Hall–Kier alpha value is -1.22. The third-order valence-electron chi connectivity index (χ3n) is 2.17. The van der Waals surface area contributed by atoms with E-state index < -0.39 is 0 Å². The Morgan fingerprint density at radius 1 is 0.857 bits per heavy atom. The van der Waals surface area contributed by atoms with Crippen LogP contribution in [0, 0.1) is 36.5 Å². The van der Waals surface area contributed by atoms with Crippen LogP contribution < -0.4 is 0 Å². The largest absolute Gasteiger partial charge is 0.192 e. The van der Waals surface area contributed by atoms with Crippen molar-refractivity contribution < 1.29 is 0 Å². The van der Waals surface area contributed by atoms with Crippen LogP contribution in [-0.2, 0) is 0 Å². The van der Waals surface area contributed by atoms with E-state index in [4.69, 9.17) is 33.7 Å². The lowest BCUT2D eigenvalue weighted by Gasteiger charge is -2.09. The minimum atomic E-state index is 0.161. The standard InChI is InChI=1S/C10H6Cl2N2/c1-5-6(2)8(4-14)10(12)9(11)7(5)3-13/h1-2H3. The van der Waals surface area contributed by atoms with Gasteiger partial charge in [-0.1, -0.05) is 23.2 Å². The van der Waals surface area contributed by atoms with Gasteiger partial charge in [0.2, 0.25) is 0 Å². The van der Waals surface area contributed by atoms with Crippen LogP contribution in [0.15, 0.2) is 0 Å². The molecule has 1 rings (SSSR count). The molecule has 0 fully saturated rings. The number of hydrogen-bond donors (Lipinski definition) is 0. The first-order valence-corrected chi connectivity index (χ1v) is 4.58. The van der Waals surface area contributed by atoms with Gasteiger partial charge in [-0.05, 0) is 25.0 Å². The van der Waals surface area contributed by atoms with E-state index in [-0.39, 0.29) is 10.0 Å². The van der Waals surface area contributed by atoms with E-state index in [2.05, 4.69) is 0 Å². The number of rotatable bonds is 0. The van der Waals surface area contributed by atoms with E-state index in [9.17, 15) is 0 Å². The molecule has 0 saturated carbocycles. The van der Waals surface area contributed by atoms with Crippen LogP contribution >= 0.6 is 23.2 Å². The molecule has 0 saturated heterocycles. The first-order valence-electron chi connectivity index (χ1n) is 3.83. The molecule has 0 aliphatic heterocycles. The summed E-state index contributed by atoms with van der Waals surface area (Å²) in [6.45, 7) is 3.49. The smallest absolute Gasteiger partial charge is 0.101 e. The van der Waals surface area contributed by atoms with Crippen LogP contribution in [0.1, 0.15) is 22.3 Å². The normalized spacial score (nSPS) is 9.29. The van der Waals surface area contributed by atoms with Gasteiger partial charge in [0, 0.05) is 0 Å². The lowest BCUT2D eigenvalue weighted by atomic mass is 9.99. The Morgan fingerprint density at radius 3 is 1.36 bits per heavy atom. The van der Waals surface area contributed by atoms with Crippen molar-refractivity contribution in [1.29, 1.82) is 10.5 Å². The second kappa shape index (κ2) is 3.88. The fourth-order valence-corrected chi connectivity index (χ4v) is 1.75. The van der Waals surface area contributed by atoms with Gasteiger partial charge in [0.1, 0.15) is 12.1 Å². The molecule has 70 valence electrons. The average molecular weight is 225 g/mol. The second-order valence-corrected chi connectivity index (χ2v) is 3.61. The van der Waals surface area contributed by atoms with E-state index in [1.54, 1.807) is 13.8 Å². The maximum absolute atomic E-state index is 8.84. The third-order valence-corrected chi connectivity index (χ3v) is 3.02. The Balaban J connectivity index is 3.77. The zero-order valence-corrected chi connectivity index (χ0v) is 9.16. The van der Waals surface area contributed by atoms with Crippen LogP contribution in [0.5, 0.6) is 0 Å². The van der Waals surface area contributed by atoms with E-state index in [0.717, 1.165) is 0 Å². The highest BCUT2D eigenvalue weighted by Gasteiger charge is 2.16. The highest BCUT2D eigenvalue weighted by molar-refractivity contribution is 6.43. The summed E-state index contributed by atoms with van der Waals surface area (Å²) < 4.78 is 0. The Labute approximate surface area is 92.3 Å². The van der Waals surface area contributed by atoms with Crippen molar-refractivity contribution in [2.45, 2.75) is 13.8 Å². The molecule has 0 heterocycles. The quantitative estimate of drug-likeness (QED) is 0.679. The Morgan fingerprint density at radius 2 is 1.14 bits per heavy atom. The summed E-state index contributed by atoms with van der Waals surface area (Å²) in [5, 5.41) is 18.0. The molecule has 0 unspecified atom stereocenters. The van der Waals surface area contributed by atoms with Gasteiger partial charge in [-0.25, -0.2) is 0 Å². The molecule has 0 amide bonds. The zero-order chi connectivity index (χ0) is 10.9. The molecule has 0 spiro atoms. The molecule has 0 radical (unpaired) electrons. The molecule has 0 atom stereocenters. The van der Waals surface area contributed by atoms with Gasteiger partial charge in [-0.2, -0.15) is 10.5 Å². The van der Waals surface area contributed by atoms with Gasteiger partial charge in [-0.3, -0.25) is 0 Å². The minimum absolute atomic E-state index is 0.161.